The predicted molar refractivity (Wildman–Crippen MR) is 58.5 cm³/mol. The first-order valence-electron chi connectivity index (χ1n) is 5.10. The molecule has 0 bridgehead atoms. The molecular weight excluding hydrogens is 186 g/mol. The first kappa shape index (κ1) is 13.2. The maximum atomic E-state index is 5.71. The van der Waals surface area contributed by atoms with Crippen molar-refractivity contribution < 1.29 is 4.74 Å². The molecule has 0 amide bonds. The van der Waals surface area contributed by atoms with Crippen LogP contribution in [0.2, 0.25) is 0 Å². The summed E-state index contributed by atoms with van der Waals surface area (Å²) in [5.41, 5.74) is 0. The van der Waals surface area contributed by atoms with Gasteiger partial charge in [-0.05, 0) is 27.2 Å². The van der Waals surface area contributed by atoms with Crippen LogP contribution < -0.4 is 0 Å². The zero-order valence-electron chi connectivity index (χ0n) is 9.05. The highest BCUT2D eigenvalue weighted by Crippen LogP contribution is 2.00. The first-order valence-corrected chi connectivity index (χ1v) is 5.63. The molecule has 0 spiro atoms. The zero-order chi connectivity index (χ0) is 10.1. The molecule has 0 aromatic carbocycles. The van der Waals surface area contributed by atoms with Crippen LogP contribution in [0.25, 0.3) is 0 Å². The lowest BCUT2D eigenvalue weighted by atomic mass is 10.3. The second-order valence-electron chi connectivity index (χ2n) is 3.37. The van der Waals surface area contributed by atoms with Crippen LogP contribution >= 0.6 is 11.6 Å². The molecule has 0 rings (SSSR count). The Morgan fingerprint density at radius 3 is 2.46 bits per heavy atom. The van der Waals surface area contributed by atoms with E-state index in [4.69, 9.17) is 16.3 Å². The number of rotatable bonds is 8. The molecule has 0 unspecified atom stereocenters. The van der Waals surface area contributed by atoms with Crippen LogP contribution in [0.3, 0.4) is 0 Å². The molecule has 0 saturated heterocycles. The van der Waals surface area contributed by atoms with Crippen LogP contribution in [-0.4, -0.2) is 43.1 Å². The van der Waals surface area contributed by atoms with Crippen LogP contribution in [0.15, 0.2) is 0 Å². The fraction of sp³-hybridized carbons (Fsp3) is 1.00. The maximum Gasteiger partial charge on any atom is 0.0478 e. The third-order valence-electron chi connectivity index (χ3n) is 2.04. The van der Waals surface area contributed by atoms with Gasteiger partial charge in [0.05, 0.1) is 0 Å². The van der Waals surface area contributed by atoms with Gasteiger partial charge in [0.2, 0.25) is 0 Å². The average molecular weight is 208 g/mol. The number of hydrogen-bond donors (Lipinski definition) is 0. The Bertz CT molecular complexity index is 109. The van der Waals surface area contributed by atoms with E-state index in [1.54, 1.807) is 0 Å². The van der Waals surface area contributed by atoms with Gasteiger partial charge in [-0.1, -0.05) is 0 Å². The Morgan fingerprint density at radius 1 is 1.31 bits per heavy atom. The lowest BCUT2D eigenvalue weighted by Gasteiger charge is -2.25. The summed E-state index contributed by atoms with van der Waals surface area (Å²) in [6.07, 6.45) is 1.10. The van der Waals surface area contributed by atoms with E-state index in [1.165, 1.54) is 0 Å². The van der Waals surface area contributed by atoms with E-state index < -0.39 is 0 Å². The lowest BCUT2D eigenvalue weighted by Crippen LogP contribution is -2.34. The van der Waals surface area contributed by atoms with Gasteiger partial charge in [0, 0.05) is 38.2 Å². The number of halogens is 1. The highest BCUT2D eigenvalue weighted by Gasteiger charge is 2.07. The number of ether oxygens (including phenoxy) is 1. The van der Waals surface area contributed by atoms with Crippen molar-refractivity contribution in [2.45, 2.75) is 33.2 Å². The highest BCUT2D eigenvalue weighted by molar-refractivity contribution is 6.18. The minimum absolute atomic E-state index is 0.584. The van der Waals surface area contributed by atoms with Crippen LogP contribution in [0.4, 0.5) is 0 Å². The van der Waals surface area contributed by atoms with Gasteiger partial charge >= 0.3 is 0 Å². The van der Waals surface area contributed by atoms with Crippen molar-refractivity contribution in [3.05, 3.63) is 0 Å². The summed E-state index contributed by atoms with van der Waals surface area (Å²) in [4.78, 5) is 2.38. The summed E-state index contributed by atoms with van der Waals surface area (Å²) in [6.45, 7) is 10.2. The summed E-state index contributed by atoms with van der Waals surface area (Å²) in [6, 6.07) is 0.584. The normalized spacial score (nSPS) is 11.5. The van der Waals surface area contributed by atoms with E-state index in [0.717, 1.165) is 32.7 Å². The molecule has 0 radical (unpaired) electrons. The molecule has 0 aromatic heterocycles. The molecule has 2 nitrogen and oxygen atoms in total. The minimum atomic E-state index is 0.584. The summed E-state index contributed by atoms with van der Waals surface area (Å²) in [5.74, 6) is 0.715. The molecule has 0 saturated carbocycles. The van der Waals surface area contributed by atoms with Crippen molar-refractivity contribution in [2.24, 2.45) is 0 Å². The van der Waals surface area contributed by atoms with Crippen LogP contribution in [0.5, 0.6) is 0 Å². The van der Waals surface area contributed by atoms with E-state index in [-0.39, 0.29) is 0 Å². The monoisotopic (exact) mass is 207 g/mol. The molecule has 3 heteroatoms. The van der Waals surface area contributed by atoms with E-state index in [0.29, 0.717) is 11.9 Å². The third-order valence-corrected chi connectivity index (χ3v) is 2.21. The average Bonchev–Trinajstić information content (AvgIpc) is 2.10. The van der Waals surface area contributed by atoms with Crippen molar-refractivity contribution in [2.75, 3.05) is 32.2 Å². The fourth-order valence-corrected chi connectivity index (χ4v) is 1.47. The number of alkyl halides is 1. The maximum absolute atomic E-state index is 5.71. The van der Waals surface area contributed by atoms with Gasteiger partial charge in [0.1, 0.15) is 0 Å². The van der Waals surface area contributed by atoms with Gasteiger partial charge in [-0.3, -0.25) is 4.90 Å². The van der Waals surface area contributed by atoms with Gasteiger partial charge in [0.25, 0.3) is 0 Å². The predicted octanol–water partition coefficient (Wildman–Crippen LogP) is 2.36. The second-order valence-corrected chi connectivity index (χ2v) is 3.75. The van der Waals surface area contributed by atoms with Crippen LogP contribution in [0.1, 0.15) is 27.2 Å². The Morgan fingerprint density at radius 2 is 2.00 bits per heavy atom. The van der Waals surface area contributed by atoms with Crippen LogP contribution in [0, 0.1) is 0 Å². The van der Waals surface area contributed by atoms with Gasteiger partial charge in [-0.2, -0.15) is 0 Å². The molecule has 0 aliphatic carbocycles. The molecule has 13 heavy (non-hydrogen) atoms. The van der Waals surface area contributed by atoms with Gasteiger partial charge in [0.15, 0.2) is 0 Å². The van der Waals surface area contributed by atoms with E-state index in [9.17, 15) is 0 Å². The van der Waals surface area contributed by atoms with Gasteiger partial charge < -0.3 is 4.74 Å². The second kappa shape index (κ2) is 8.79. The molecular formula is C10H22ClNO. The summed E-state index contributed by atoms with van der Waals surface area (Å²) in [7, 11) is 0. The van der Waals surface area contributed by atoms with Crippen LogP contribution in [-0.2, 0) is 4.74 Å². The largest absolute Gasteiger partial charge is 0.382 e. The topological polar surface area (TPSA) is 12.5 Å². The van der Waals surface area contributed by atoms with E-state index in [2.05, 4.69) is 18.7 Å². The lowest BCUT2D eigenvalue weighted by molar-refractivity contribution is 0.127. The molecule has 0 atom stereocenters. The summed E-state index contributed by atoms with van der Waals surface area (Å²) < 4.78 is 5.28. The van der Waals surface area contributed by atoms with Gasteiger partial charge in [-0.25, -0.2) is 0 Å². The van der Waals surface area contributed by atoms with Crippen molar-refractivity contribution >= 4 is 11.6 Å². The summed E-state index contributed by atoms with van der Waals surface area (Å²) in [5, 5.41) is 0. The van der Waals surface area contributed by atoms with Crippen molar-refractivity contribution in [1.82, 2.24) is 4.90 Å². The molecule has 0 aliphatic heterocycles. The molecule has 0 aromatic rings. The first-order chi connectivity index (χ1) is 6.22. The van der Waals surface area contributed by atoms with Crippen molar-refractivity contribution in [3.63, 3.8) is 0 Å². The molecule has 0 N–H and O–H groups in total. The number of nitrogens with zero attached hydrogens (tertiary/aromatic N) is 1. The molecule has 80 valence electrons. The molecule has 0 heterocycles. The summed E-state index contributed by atoms with van der Waals surface area (Å²) >= 11 is 5.71. The third kappa shape index (κ3) is 7.29. The van der Waals surface area contributed by atoms with Crippen molar-refractivity contribution in [1.29, 1.82) is 0 Å². The highest BCUT2D eigenvalue weighted by atomic mass is 35.5. The van der Waals surface area contributed by atoms with E-state index >= 15 is 0 Å². The zero-order valence-corrected chi connectivity index (χ0v) is 9.81. The van der Waals surface area contributed by atoms with Crippen molar-refractivity contribution in [3.8, 4) is 0 Å². The Balaban J connectivity index is 3.45. The molecule has 0 fully saturated rings. The number of hydrogen-bond acceptors (Lipinski definition) is 2. The smallest absolute Gasteiger partial charge is 0.0478 e. The Kier molecular flexibility index (Phi) is 8.93. The quantitative estimate of drug-likeness (QED) is 0.448. The molecule has 0 aliphatic rings. The van der Waals surface area contributed by atoms with Gasteiger partial charge in [-0.15, -0.1) is 11.6 Å². The Labute approximate surface area is 87.2 Å². The fourth-order valence-electron chi connectivity index (χ4n) is 1.25. The van der Waals surface area contributed by atoms with E-state index in [1.807, 2.05) is 6.92 Å². The Hall–Kier alpha value is 0.210. The minimum Gasteiger partial charge on any atom is -0.382 e. The standard InChI is InChI=1S/C10H22ClNO/c1-4-13-9-5-7-12(8-6-11)10(2)3/h10H,4-9H2,1-3H3. The SMILES string of the molecule is CCOCCCN(CCCl)C(C)C.